The summed E-state index contributed by atoms with van der Waals surface area (Å²) in [5.41, 5.74) is 2.31. The van der Waals surface area contributed by atoms with Gasteiger partial charge in [0.1, 0.15) is 0 Å². The van der Waals surface area contributed by atoms with E-state index in [-0.39, 0.29) is 11.1 Å². The predicted octanol–water partition coefficient (Wildman–Crippen LogP) is 8.43. The van der Waals surface area contributed by atoms with Crippen LogP contribution in [0.4, 0.5) is 0 Å². The summed E-state index contributed by atoms with van der Waals surface area (Å²) in [6, 6.07) is 0. The zero-order valence-corrected chi connectivity index (χ0v) is 26.5. The zero-order chi connectivity index (χ0) is 25.9. The molecule has 5 heteroatoms. The second kappa shape index (κ2) is 9.74. The largest absolute Gasteiger partial charge is 0.415 e. The highest BCUT2D eigenvalue weighted by molar-refractivity contribution is 6.77. The molecule has 3 fully saturated rings. The van der Waals surface area contributed by atoms with Gasteiger partial charge >= 0.3 is 0 Å². The number of fused-ring (bicyclic) bond motifs is 5. The van der Waals surface area contributed by atoms with E-state index in [0.29, 0.717) is 45.9 Å². The third kappa shape index (κ3) is 4.59. The first kappa shape index (κ1) is 28.6. The Bertz CT molecular complexity index is 704. The molecule has 3 saturated carbocycles. The summed E-state index contributed by atoms with van der Waals surface area (Å²) in [5, 5.41) is 0.223. The lowest BCUT2D eigenvalue weighted by Crippen LogP contribution is -2.49. The second-order valence-corrected chi connectivity index (χ2v) is 24.6. The zero-order valence-electron chi connectivity index (χ0n) is 24.5. The molecule has 7 atom stereocenters. The highest BCUT2D eigenvalue weighted by Gasteiger charge is 2.76. The summed E-state index contributed by atoms with van der Waals surface area (Å²) in [4.78, 5) is 0. The van der Waals surface area contributed by atoms with Gasteiger partial charge in [0.05, 0.1) is 12.2 Å². The second-order valence-electron chi connectivity index (χ2n) is 14.4. The van der Waals surface area contributed by atoms with Gasteiger partial charge in [0.15, 0.2) is 16.6 Å². The van der Waals surface area contributed by atoms with Crippen LogP contribution in [0.15, 0.2) is 12.7 Å². The highest BCUT2D eigenvalue weighted by Crippen LogP contribution is 2.77. The summed E-state index contributed by atoms with van der Waals surface area (Å²) in [6.07, 6.45) is 6.36. The molecule has 3 aliphatic rings. The standard InChI is InChI=1S/C29H56O3Si2/c1-14-23(32-33(12,13)28(8,9)10)15-22-16-24-27(30-11)26(22)25-17-29(24,25)18-31-34(19(2)3,20(4)5)21(6)7/h14,19-27H,1,15-18H2,2-13H3/t22-,23?,24+,25-,26+,27+,29-/m1/s1. The van der Waals surface area contributed by atoms with Gasteiger partial charge < -0.3 is 13.6 Å². The molecule has 1 unspecified atom stereocenters. The topological polar surface area (TPSA) is 27.7 Å². The van der Waals surface area contributed by atoms with E-state index in [4.69, 9.17) is 13.6 Å². The molecule has 0 heterocycles. The molecule has 0 N–H and O–H groups in total. The minimum atomic E-state index is -1.84. The number of ether oxygens (including phenoxy) is 1. The van der Waals surface area contributed by atoms with Crippen LogP contribution in [0.1, 0.15) is 81.6 Å². The lowest BCUT2D eigenvalue weighted by molar-refractivity contribution is 0.0310. The van der Waals surface area contributed by atoms with Crippen LogP contribution in [0.5, 0.6) is 0 Å². The van der Waals surface area contributed by atoms with Gasteiger partial charge in [-0.15, -0.1) is 6.58 Å². The Morgan fingerprint density at radius 2 is 1.56 bits per heavy atom. The van der Waals surface area contributed by atoms with Gasteiger partial charge in [0, 0.05) is 19.1 Å². The Morgan fingerprint density at radius 1 is 1.00 bits per heavy atom. The fraction of sp³-hybridized carbons (Fsp3) is 0.931. The van der Waals surface area contributed by atoms with Crippen molar-refractivity contribution in [3.8, 4) is 0 Å². The molecule has 3 aliphatic carbocycles. The van der Waals surface area contributed by atoms with Crippen LogP contribution in [0.25, 0.3) is 0 Å². The average molecular weight is 509 g/mol. The molecule has 0 aliphatic heterocycles. The summed E-state index contributed by atoms with van der Waals surface area (Å²) in [7, 11) is -1.71. The fourth-order valence-electron chi connectivity index (χ4n) is 8.22. The van der Waals surface area contributed by atoms with Crippen molar-refractivity contribution < 1.29 is 13.6 Å². The molecule has 198 valence electrons. The Balaban J connectivity index is 1.72. The maximum absolute atomic E-state index is 7.18. The van der Waals surface area contributed by atoms with Crippen molar-refractivity contribution in [2.45, 2.75) is 129 Å². The Labute approximate surface area is 214 Å². The molecule has 3 rings (SSSR count). The van der Waals surface area contributed by atoms with Gasteiger partial charge in [0.2, 0.25) is 0 Å². The van der Waals surface area contributed by atoms with E-state index >= 15 is 0 Å². The predicted molar refractivity (Wildman–Crippen MR) is 150 cm³/mol. The third-order valence-electron chi connectivity index (χ3n) is 10.9. The van der Waals surface area contributed by atoms with Crippen molar-refractivity contribution in [2.75, 3.05) is 13.7 Å². The van der Waals surface area contributed by atoms with Crippen LogP contribution in [-0.2, 0) is 13.6 Å². The first-order valence-corrected chi connectivity index (χ1v) is 19.1. The Morgan fingerprint density at radius 3 is 2.00 bits per heavy atom. The smallest absolute Gasteiger partial charge is 0.200 e. The first-order valence-electron chi connectivity index (χ1n) is 14.1. The van der Waals surface area contributed by atoms with Gasteiger partial charge in [0.25, 0.3) is 0 Å². The van der Waals surface area contributed by atoms with Crippen LogP contribution >= 0.6 is 0 Å². The van der Waals surface area contributed by atoms with Gasteiger partial charge in [-0.1, -0.05) is 68.4 Å². The molecule has 3 nitrogen and oxygen atoms in total. The van der Waals surface area contributed by atoms with Crippen molar-refractivity contribution in [3.05, 3.63) is 12.7 Å². The van der Waals surface area contributed by atoms with Crippen LogP contribution < -0.4 is 0 Å². The summed E-state index contributed by atoms with van der Waals surface area (Å²) in [5.74, 6) is 2.77. The molecule has 0 spiro atoms. The lowest BCUT2D eigenvalue weighted by Gasteiger charge is -2.44. The quantitative estimate of drug-likeness (QED) is 0.195. The lowest BCUT2D eigenvalue weighted by atomic mass is 9.80. The molecule has 34 heavy (non-hydrogen) atoms. The maximum Gasteiger partial charge on any atom is 0.200 e. The Kier molecular flexibility index (Phi) is 8.20. The molecule has 2 bridgehead atoms. The van der Waals surface area contributed by atoms with E-state index in [1.165, 1.54) is 12.8 Å². The van der Waals surface area contributed by atoms with E-state index in [2.05, 4.69) is 88.1 Å². The van der Waals surface area contributed by atoms with Gasteiger partial charge in [-0.05, 0) is 77.7 Å². The van der Waals surface area contributed by atoms with E-state index < -0.39 is 16.6 Å². The van der Waals surface area contributed by atoms with Crippen LogP contribution in [-0.4, -0.2) is 42.6 Å². The Hall–Kier alpha value is 0.0538. The molecule has 0 aromatic carbocycles. The average Bonchev–Trinajstić information content (AvgIpc) is 3.26. The van der Waals surface area contributed by atoms with E-state index in [0.717, 1.165) is 18.9 Å². The molecule has 0 aromatic rings. The van der Waals surface area contributed by atoms with Gasteiger partial charge in [-0.25, -0.2) is 0 Å². The number of rotatable bonds is 12. The minimum Gasteiger partial charge on any atom is -0.415 e. The first-order chi connectivity index (χ1) is 15.6. The molecular weight excluding hydrogens is 452 g/mol. The van der Waals surface area contributed by atoms with Crippen molar-refractivity contribution in [3.63, 3.8) is 0 Å². The van der Waals surface area contributed by atoms with Crippen molar-refractivity contribution in [2.24, 2.45) is 29.1 Å². The number of hydrogen-bond donors (Lipinski definition) is 0. The summed E-state index contributed by atoms with van der Waals surface area (Å²) < 4.78 is 20.2. The third-order valence-corrected chi connectivity index (χ3v) is 21.4. The molecule has 0 aromatic heterocycles. The fourth-order valence-corrected chi connectivity index (χ4v) is 15.0. The van der Waals surface area contributed by atoms with Gasteiger partial charge in [-0.2, -0.15) is 0 Å². The van der Waals surface area contributed by atoms with E-state index in [1.54, 1.807) is 0 Å². The molecule has 0 amide bonds. The SMILES string of the molecule is C=CC(C[C@@H]1C[C@H]2[C@H](OC)[C@@H]1[C@H]1C[C@]12CO[Si](C(C)C)(C(C)C)C(C)C)O[Si](C)(C)C(C)(C)C. The van der Waals surface area contributed by atoms with Crippen molar-refractivity contribution >= 4 is 16.6 Å². The molecular formula is C29H56O3Si2. The molecule has 0 radical (unpaired) electrons. The monoisotopic (exact) mass is 508 g/mol. The maximum atomic E-state index is 7.18. The number of methoxy groups -OCH3 is 1. The van der Waals surface area contributed by atoms with E-state index in [9.17, 15) is 0 Å². The van der Waals surface area contributed by atoms with Crippen molar-refractivity contribution in [1.29, 1.82) is 0 Å². The normalized spacial score (nSPS) is 34.3. The van der Waals surface area contributed by atoms with Crippen molar-refractivity contribution in [1.82, 2.24) is 0 Å². The van der Waals surface area contributed by atoms with Crippen LogP contribution in [0.2, 0.25) is 34.8 Å². The summed E-state index contributed by atoms with van der Waals surface area (Å²) in [6.45, 7) is 31.3. The van der Waals surface area contributed by atoms with Crippen LogP contribution in [0, 0.1) is 29.1 Å². The summed E-state index contributed by atoms with van der Waals surface area (Å²) >= 11 is 0. The van der Waals surface area contributed by atoms with Gasteiger partial charge in [-0.3, -0.25) is 0 Å². The molecule has 0 saturated heterocycles. The minimum absolute atomic E-state index is 0.162. The van der Waals surface area contributed by atoms with Crippen LogP contribution in [0.3, 0.4) is 0 Å². The van der Waals surface area contributed by atoms with E-state index in [1.807, 2.05) is 7.11 Å². The highest BCUT2D eigenvalue weighted by atomic mass is 28.4. The number of hydrogen-bond acceptors (Lipinski definition) is 3.